The van der Waals surface area contributed by atoms with Gasteiger partial charge in [0.25, 0.3) is 0 Å². The van der Waals surface area contributed by atoms with Crippen molar-refractivity contribution in [3.63, 3.8) is 0 Å². The van der Waals surface area contributed by atoms with E-state index in [1.54, 1.807) is 0 Å². The molecule has 2 bridgehead atoms. The molecule has 0 aromatic heterocycles. The molecular formula is CMnO8P2. The van der Waals surface area contributed by atoms with E-state index in [9.17, 15) is 18.9 Å². The fourth-order valence-corrected chi connectivity index (χ4v) is 2.15. The minimum atomic E-state index is -5.24. The van der Waals surface area contributed by atoms with Gasteiger partial charge >= 0.3 is 31.1 Å². The molecule has 0 unspecified atom stereocenters. The van der Waals surface area contributed by atoms with Crippen LogP contribution in [0.15, 0.2) is 0 Å². The molecule has 0 aliphatic carbocycles. The van der Waals surface area contributed by atoms with Crippen LogP contribution in [0.4, 0.5) is 0 Å². The third-order valence-electron chi connectivity index (χ3n) is 0.894. The van der Waals surface area contributed by atoms with E-state index in [0.717, 1.165) is 0 Å². The van der Waals surface area contributed by atoms with Crippen LogP contribution in [0.1, 0.15) is 0 Å². The predicted octanol–water partition coefficient (Wildman–Crippen LogP) is -1.37. The smallest absolute Gasteiger partial charge is 0.790 e. The third kappa shape index (κ3) is 1.66. The first-order valence-electron chi connectivity index (χ1n) is 2.28. The summed E-state index contributed by atoms with van der Waals surface area (Å²) in [5, 5.41) is 0. The van der Waals surface area contributed by atoms with E-state index in [-0.39, 0.29) is 17.1 Å². The molecule has 3 heterocycles. The normalized spacial score (nSPS) is 43.8. The molecule has 3 rings (SSSR count). The number of rotatable bonds is 2. The van der Waals surface area contributed by atoms with Crippen molar-refractivity contribution in [1.29, 1.82) is 0 Å². The average Bonchev–Trinajstić information content (AvgIpc) is 1.53. The van der Waals surface area contributed by atoms with Crippen LogP contribution in [0.25, 0.3) is 0 Å². The Morgan fingerprint density at radius 3 is 2.00 bits per heavy atom. The van der Waals surface area contributed by atoms with Crippen LogP contribution < -0.4 is 9.79 Å². The summed E-state index contributed by atoms with van der Waals surface area (Å²) in [7, 11) is -8.74. The number of hydrogen-bond acceptors (Lipinski definition) is 8. The maximum Gasteiger partial charge on any atom is 2.00 e. The molecule has 0 spiro atoms. The first-order chi connectivity index (χ1) is 4.83. The summed E-state index contributed by atoms with van der Waals surface area (Å²) in [4.78, 5) is 19.8. The standard InChI is InChI=1S/CH2O8P2.Mn/c2-10(3,4)6-1-7-11(5,8-1)9-1;/h(H2,2,3,4);/q;+2/p-2. The molecule has 11 heteroatoms. The van der Waals surface area contributed by atoms with E-state index < -0.39 is 21.8 Å². The molecule has 0 saturated carbocycles. The third-order valence-corrected chi connectivity index (χ3v) is 2.68. The molecule has 0 aromatic rings. The molecule has 69 valence electrons. The fraction of sp³-hybridized carbons (Fsp3) is 1.00. The Bertz CT molecular complexity index is 265. The van der Waals surface area contributed by atoms with Crippen molar-refractivity contribution in [2.24, 2.45) is 0 Å². The van der Waals surface area contributed by atoms with Crippen LogP contribution in [0.2, 0.25) is 0 Å². The molecular weight excluding hydrogens is 257 g/mol. The van der Waals surface area contributed by atoms with Crippen molar-refractivity contribution in [2.45, 2.75) is 6.16 Å². The fourth-order valence-electron chi connectivity index (χ4n) is 0.618. The van der Waals surface area contributed by atoms with Gasteiger partial charge in [-0.3, -0.25) is 4.52 Å². The van der Waals surface area contributed by atoms with Crippen molar-refractivity contribution in [2.75, 3.05) is 0 Å². The first-order valence-corrected chi connectivity index (χ1v) is 5.20. The molecule has 3 fully saturated rings. The van der Waals surface area contributed by atoms with Crippen molar-refractivity contribution in [1.82, 2.24) is 0 Å². The Hall–Kier alpha value is 0.739. The number of phosphoric ester groups is 2. The Labute approximate surface area is 76.5 Å². The zero-order chi connectivity index (χ0) is 8.33. The monoisotopic (exact) mass is 257 g/mol. The molecule has 3 saturated heterocycles. The summed E-state index contributed by atoms with van der Waals surface area (Å²) in [5.74, 6) is 0. The van der Waals surface area contributed by atoms with E-state index in [2.05, 4.69) is 18.1 Å². The van der Waals surface area contributed by atoms with E-state index >= 15 is 0 Å². The zero-order valence-corrected chi connectivity index (χ0v) is 8.01. The van der Waals surface area contributed by atoms with Crippen LogP contribution in [-0.2, 0) is 44.3 Å². The van der Waals surface area contributed by atoms with Gasteiger partial charge in [0.15, 0.2) is 0 Å². The van der Waals surface area contributed by atoms with Crippen LogP contribution in [0.5, 0.6) is 0 Å². The maximum absolute atomic E-state index is 10.4. The Morgan fingerprint density at radius 2 is 1.75 bits per heavy atom. The second-order valence-corrected chi connectivity index (χ2v) is 4.28. The Kier molecular flexibility index (Phi) is 2.36. The summed E-state index contributed by atoms with van der Waals surface area (Å²) in [6, 6.07) is 0. The summed E-state index contributed by atoms with van der Waals surface area (Å²) in [5.41, 5.74) is 0. The first kappa shape index (κ1) is 10.8. The average molecular weight is 257 g/mol. The van der Waals surface area contributed by atoms with Crippen molar-refractivity contribution < 1.29 is 54.1 Å². The van der Waals surface area contributed by atoms with Gasteiger partial charge in [-0.05, 0) is 0 Å². The number of hydrogen-bond donors (Lipinski definition) is 0. The molecule has 3 aliphatic rings. The van der Waals surface area contributed by atoms with Gasteiger partial charge in [0, 0.05) is 0 Å². The quantitative estimate of drug-likeness (QED) is 0.439. The van der Waals surface area contributed by atoms with E-state index in [0.29, 0.717) is 0 Å². The molecule has 0 aromatic carbocycles. The van der Waals surface area contributed by atoms with E-state index in [4.69, 9.17) is 0 Å². The zero-order valence-electron chi connectivity index (χ0n) is 5.04. The molecule has 8 nitrogen and oxygen atoms in total. The molecule has 0 atom stereocenters. The molecule has 3 aliphatic heterocycles. The van der Waals surface area contributed by atoms with Gasteiger partial charge in [-0.25, -0.2) is 18.1 Å². The SMILES string of the molecule is O=P([O-])([O-])OC12OP(=O)(O1)O2.[Mn+2]. The minimum Gasteiger partial charge on any atom is -0.790 e. The predicted molar refractivity (Wildman–Crippen MR) is 22.3 cm³/mol. The van der Waals surface area contributed by atoms with Crippen molar-refractivity contribution >= 4 is 15.6 Å². The van der Waals surface area contributed by atoms with Crippen molar-refractivity contribution in [3.05, 3.63) is 0 Å². The van der Waals surface area contributed by atoms with Gasteiger partial charge in [-0.2, -0.15) is 0 Å². The summed E-state index contributed by atoms with van der Waals surface area (Å²) >= 11 is 0. The Morgan fingerprint density at radius 1 is 1.33 bits per heavy atom. The van der Waals surface area contributed by atoms with Gasteiger partial charge in [0.1, 0.15) is 0 Å². The Balaban J connectivity index is 0.000000720. The molecule has 12 heavy (non-hydrogen) atoms. The maximum atomic E-state index is 10.4. The van der Waals surface area contributed by atoms with Gasteiger partial charge in [0.05, 0.1) is 7.82 Å². The largest absolute Gasteiger partial charge is 2.00 e. The van der Waals surface area contributed by atoms with Gasteiger partial charge in [-0.15, -0.1) is 0 Å². The van der Waals surface area contributed by atoms with Crippen LogP contribution in [0, 0.1) is 0 Å². The second kappa shape index (κ2) is 2.62. The van der Waals surface area contributed by atoms with Gasteiger partial charge < -0.3 is 14.4 Å². The van der Waals surface area contributed by atoms with Gasteiger partial charge in [0.2, 0.25) is 0 Å². The van der Waals surface area contributed by atoms with Crippen LogP contribution in [-0.4, -0.2) is 6.16 Å². The van der Waals surface area contributed by atoms with Crippen LogP contribution in [0.3, 0.4) is 0 Å². The molecule has 1 radical (unpaired) electrons. The second-order valence-electron chi connectivity index (χ2n) is 1.76. The number of phosphoric acid groups is 2. The summed E-state index contributed by atoms with van der Waals surface area (Å²) in [6.07, 6.45) is -2.34. The summed E-state index contributed by atoms with van der Waals surface area (Å²) < 4.78 is 36.2. The summed E-state index contributed by atoms with van der Waals surface area (Å²) in [6.45, 7) is 0. The van der Waals surface area contributed by atoms with Gasteiger partial charge in [-0.1, -0.05) is 0 Å². The van der Waals surface area contributed by atoms with Crippen molar-refractivity contribution in [3.8, 4) is 0 Å². The van der Waals surface area contributed by atoms with E-state index in [1.807, 2.05) is 0 Å². The minimum absolute atomic E-state index is 0. The van der Waals surface area contributed by atoms with E-state index in [1.165, 1.54) is 0 Å². The van der Waals surface area contributed by atoms with Crippen LogP contribution >= 0.6 is 15.6 Å². The molecule has 0 amide bonds. The molecule has 0 N–H and O–H groups in total. The topological polar surface area (TPSA) is 117 Å².